The SMILES string of the molecule is CC(C)=CC(CC(C)(C)C1=CC=C(C(F)(F)F)CC1)N1CCC(N2CCCC2)CC1. The lowest BCUT2D eigenvalue weighted by Crippen LogP contribution is -2.48. The van der Waals surface area contributed by atoms with Gasteiger partial charge in [-0.25, -0.2) is 0 Å². The zero-order valence-electron chi connectivity index (χ0n) is 19.2. The van der Waals surface area contributed by atoms with Gasteiger partial charge in [0.15, 0.2) is 0 Å². The molecule has 0 aromatic heterocycles. The summed E-state index contributed by atoms with van der Waals surface area (Å²) in [6.45, 7) is 13.5. The van der Waals surface area contributed by atoms with Crippen molar-refractivity contribution < 1.29 is 13.2 Å². The molecule has 3 aliphatic rings. The maximum absolute atomic E-state index is 13.0. The van der Waals surface area contributed by atoms with Crippen LogP contribution in [0.5, 0.6) is 0 Å². The van der Waals surface area contributed by atoms with E-state index >= 15 is 0 Å². The Morgan fingerprint density at radius 3 is 2.07 bits per heavy atom. The molecule has 1 atom stereocenters. The summed E-state index contributed by atoms with van der Waals surface area (Å²) >= 11 is 0. The van der Waals surface area contributed by atoms with E-state index in [4.69, 9.17) is 0 Å². The molecular weight excluding hydrogens is 385 g/mol. The number of hydrogen-bond donors (Lipinski definition) is 0. The lowest BCUT2D eigenvalue weighted by molar-refractivity contribution is -0.0942. The van der Waals surface area contributed by atoms with E-state index in [1.165, 1.54) is 50.4 Å². The summed E-state index contributed by atoms with van der Waals surface area (Å²) in [5.74, 6) is 0. The third-order valence-electron chi connectivity index (χ3n) is 7.25. The third kappa shape index (κ3) is 6.00. The van der Waals surface area contributed by atoms with Gasteiger partial charge in [0.1, 0.15) is 0 Å². The number of piperidine rings is 1. The second kappa shape index (κ2) is 9.60. The zero-order valence-corrected chi connectivity index (χ0v) is 19.2. The standard InChI is InChI=1S/C25H39F3N2/c1-19(2)17-23(30-15-11-22(12-16-30)29-13-5-6-14-29)18-24(3,4)20-7-9-21(10-8-20)25(26,27)28/h7,9,17,22-23H,5-6,8,10-16,18H2,1-4H3. The molecule has 5 heteroatoms. The first-order chi connectivity index (χ1) is 14.1. The highest BCUT2D eigenvalue weighted by atomic mass is 19.4. The highest BCUT2D eigenvalue weighted by molar-refractivity contribution is 5.30. The molecule has 0 bridgehead atoms. The van der Waals surface area contributed by atoms with Gasteiger partial charge in [0.25, 0.3) is 0 Å². The highest BCUT2D eigenvalue weighted by Gasteiger charge is 2.37. The van der Waals surface area contributed by atoms with Gasteiger partial charge in [-0.2, -0.15) is 13.2 Å². The van der Waals surface area contributed by atoms with Crippen molar-refractivity contribution in [1.82, 2.24) is 9.80 Å². The van der Waals surface area contributed by atoms with Gasteiger partial charge in [-0.1, -0.05) is 43.2 Å². The molecule has 0 N–H and O–H groups in total. The molecule has 30 heavy (non-hydrogen) atoms. The largest absolute Gasteiger partial charge is 0.412 e. The molecule has 1 aliphatic carbocycles. The van der Waals surface area contributed by atoms with Crippen molar-refractivity contribution in [1.29, 1.82) is 0 Å². The van der Waals surface area contributed by atoms with Crippen LogP contribution in [0.2, 0.25) is 0 Å². The molecular formula is C25H39F3N2. The van der Waals surface area contributed by atoms with Crippen LogP contribution in [-0.2, 0) is 0 Å². The number of hydrogen-bond acceptors (Lipinski definition) is 2. The second-order valence-electron chi connectivity index (χ2n) is 10.3. The van der Waals surface area contributed by atoms with Crippen LogP contribution in [0.25, 0.3) is 0 Å². The first-order valence-corrected chi connectivity index (χ1v) is 11.7. The van der Waals surface area contributed by atoms with Crippen LogP contribution >= 0.6 is 0 Å². The molecule has 2 aliphatic heterocycles. The van der Waals surface area contributed by atoms with Gasteiger partial charge >= 0.3 is 6.18 Å². The van der Waals surface area contributed by atoms with E-state index < -0.39 is 11.7 Å². The van der Waals surface area contributed by atoms with Crippen molar-refractivity contribution in [3.63, 3.8) is 0 Å². The number of likely N-dealkylation sites (tertiary alicyclic amines) is 2. The number of nitrogens with zero attached hydrogens (tertiary/aromatic N) is 2. The molecule has 0 radical (unpaired) electrons. The van der Waals surface area contributed by atoms with Crippen molar-refractivity contribution >= 4 is 0 Å². The molecule has 3 rings (SSSR count). The minimum Gasteiger partial charge on any atom is -0.300 e. The summed E-state index contributed by atoms with van der Waals surface area (Å²) in [5, 5.41) is 0. The predicted octanol–water partition coefficient (Wildman–Crippen LogP) is 6.51. The first kappa shape index (κ1) is 23.6. The van der Waals surface area contributed by atoms with Crippen LogP contribution in [0.1, 0.15) is 72.6 Å². The van der Waals surface area contributed by atoms with Gasteiger partial charge in [-0.3, -0.25) is 4.90 Å². The minimum atomic E-state index is -4.20. The van der Waals surface area contributed by atoms with Crippen molar-refractivity contribution in [2.75, 3.05) is 26.2 Å². The molecule has 2 saturated heterocycles. The molecule has 2 fully saturated rings. The molecule has 2 nitrogen and oxygen atoms in total. The molecule has 1 unspecified atom stereocenters. The Morgan fingerprint density at radius 1 is 1.00 bits per heavy atom. The van der Waals surface area contributed by atoms with Crippen LogP contribution in [0.3, 0.4) is 0 Å². The molecule has 0 spiro atoms. The van der Waals surface area contributed by atoms with Crippen molar-refractivity contribution in [2.45, 2.75) is 90.9 Å². The van der Waals surface area contributed by atoms with E-state index in [1.807, 2.05) is 0 Å². The van der Waals surface area contributed by atoms with E-state index in [0.29, 0.717) is 12.5 Å². The lowest BCUT2D eigenvalue weighted by Gasteiger charge is -2.42. The third-order valence-corrected chi connectivity index (χ3v) is 7.25. The summed E-state index contributed by atoms with van der Waals surface area (Å²) in [6.07, 6.45) is 7.93. The van der Waals surface area contributed by atoms with Crippen LogP contribution in [0, 0.1) is 5.41 Å². The van der Waals surface area contributed by atoms with Gasteiger partial charge in [-0.15, -0.1) is 0 Å². The minimum absolute atomic E-state index is 0.104. The smallest absolute Gasteiger partial charge is 0.300 e. The summed E-state index contributed by atoms with van der Waals surface area (Å²) in [6, 6.07) is 1.08. The fraction of sp³-hybridized carbons (Fsp3) is 0.760. The molecule has 0 aromatic rings. The molecule has 0 amide bonds. The Morgan fingerprint density at radius 2 is 1.57 bits per heavy atom. The number of allylic oxidation sites excluding steroid dienone is 5. The lowest BCUT2D eigenvalue weighted by atomic mass is 9.74. The summed E-state index contributed by atoms with van der Waals surface area (Å²) < 4.78 is 39.0. The maximum Gasteiger partial charge on any atom is 0.412 e. The zero-order chi connectivity index (χ0) is 21.9. The molecule has 170 valence electrons. The van der Waals surface area contributed by atoms with Gasteiger partial charge in [0.05, 0.1) is 0 Å². The predicted molar refractivity (Wildman–Crippen MR) is 118 cm³/mol. The van der Waals surface area contributed by atoms with Crippen molar-refractivity contribution in [3.05, 3.63) is 34.9 Å². The molecule has 2 heterocycles. The Hall–Kier alpha value is -1.07. The Labute approximate surface area is 180 Å². The maximum atomic E-state index is 13.0. The van der Waals surface area contributed by atoms with Crippen LogP contribution in [0.15, 0.2) is 34.9 Å². The van der Waals surface area contributed by atoms with E-state index in [9.17, 15) is 13.2 Å². The van der Waals surface area contributed by atoms with Crippen LogP contribution < -0.4 is 0 Å². The summed E-state index contributed by atoms with van der Waals surface area (Å²) in [5.41, 5.74) is 1.95. The molecule has 0 aromatic carbocycles. The quantitative estimate of drug-likeness (QED) is 0.449. The second-order valence-corrected chi connectivity index (χ2v) is 10.3. The monoisotopic (exact) mass is 424 g/mol. The normalized spacial score (nSPS) is 23.8. The van der Waals surface area contributed by atoms with Gasteiger partial charge in [-0.05, 0) is 77.3 Å². The van der Waals surface area contributed by atoms with E-state index in [2.05, 4.69) is 43.6 Å². The van der Waals surface area contributed by atoms with E-state index in [1.54, 1.807) is 6.08 Å². The van der Waals surface area contributed by atoms with Crippen LogP contribution in [-0.4, -0.2) is 54.2 Å². The summed E-state index contributed by atoms with van der Waals surface area (Å²) in [7, 11) is 0. The van der Waals surface area contributed by atoms with Gasteiger partial charge in [0, 0.05) is 30.7 Å². The fourth-order valence-corrected chi connectivity index (χ4v) is 5.46. The molecule has 0 saturated carbocycles. The topological polar surface area (TPSA) is 6.48 Å². The van der Waals surface area contributed by atoms with Crippen LogP contribution in [0.4, 0.5) is 13.2 Å². The Balaban J connectivity index is 1.67. The first-order valence-electron chi connectivity index (χ1n) is 11.7. The average molecular weight is 425 g/mol. The highest BCUT2D eigenvalue weighted by Crippen LogP contribution is 2.42. The fourth-order valence-electron chi connectivity index (χ4n) is 5.46. The number of rotatable bonds is 6. The summed E-state index contributed by atoms with van der Waals surface area (Å²) in [4.78, 5) is 5.29. The van der Waals surface area contributed by atoms with Crippen molar-refractivity contribution in [3.8, 4) is 0 Å². The van der Waals surface area contributed by atoms with Gasteiger partial charge in [0.2, 0.25) is 0 Å². The van der Waals surface area contributed by atoms with Gasteiger partial charge < -0.3 is 4.90 Å². The number of halogens is 3. The number of alkyl halides is 3. The van der Waals surface area contributed by atoms with Crippen molar-refractivity contribution in [2.24, 2.45) is 5.41 Å². The average Bonchev–Trinajstić information content (AvgIpc) is 3.21. The Bertz CT molecular complexity index is 669. The van der Waals surface area contributed by atoms with E-state index in [0.717, 1.165) is 31.1 Å². The Kier molecular flexibility index (Phi) is 7.55. The van der Waals surface area contributed by atoms with E-state index in [-0.39, 0.29) is 11.8 Å².